The molecule has 32 heavy (non-hydrogen) atoms. The van der Waals surface area contributed by atoms with Crippen molar-refractivity contribution in [3.8, 4) is 11.1 Å². The molecular formula is C30H22N2. The maximum Gasteiger partial charge on any atom is 0.0617 e. The van der Waals surface area contributed by atoms with Gasteiger partial charge in [-0.05, 0) is 34.7 Å². The highest BCUT2D eigenvalue weighted by molar-refractivity contribution is 6.29. The average Bonchev–Trinajstić information content (AvgIpc) is 3.36. The molecule has 0 fully saturated rings. The van der Waals surface area contributed by atoms with Gasteiger partial charge in [0.15, 0.2) is 0 Å². The molecule has 0 N–H and O–H groups in total. The van der Waals surface area contributed by atoms with E-state index < -0.39 is 0 Å². The molecule has 1 aliphatic carbocycles. The molecule has 3 heterocycles. The summed E-state index contributed by atoms with van der Waals surface area (Å²) in [5.41, 5.74) is 10.8. The summed E-state index contributed by atoms with van der Waals surface area (Å²) in [7, 11) is 2.20. The lowest BCUT2D eigenvalue weighted by Crippen LogP contribution is -2.17. The van der Waals surface area contributed by atoms with Gasteiger partial charge in [-0.2, -0.15) is 0 Å². The minimum atomic E-state index is -0.0746. The Kier molecular flexibility index (Phi) is 2.72. The van der Waals surface area contributed by atoms with Crippen molar-refractivity contribution < 1.29 is 0 Å². The number of para-hydroxylation sites is 1. The minimum absolute atomic E-state index is 0.0746. The van der Waals surface area contributed by atoms with E-state index in [-0.39, 0.29) is 5.41 Å². The van der Waals surface area contributed by atoms with E-state index in [9.17, 15) is 0 Å². The Morgan fingerprint density at radius 3 is 2.16 bits per heavy atom. The summed E-state index contributed by atoms with van der Waals surface area (Å²) in [4.78, 5) is 0. The zero-order valence-electron chi connectivity index (χ0n) is 18.4. The van der Waals surface area contributed by atoms with E-state index in [2.05, 4.69) is 109 Å². The van der Waals surface area contributed by atoms with Gasteiger partial charge in [0.2, 0.25) is 0 Å². The molecule has 0 radical (unpaired) electrons. The standard InChI is InChI=1S/C30H22N2/c1-30(2)21-13-5-4-9-19(21)25-20-12-6-11-18-17-10-7-14-22-26(17)27-23(31(22)3)15-8-16-24(27)32(28(18)20)29(25)30/h4-16H,1-3H3. The molecule has 8 rings (SSSR count). The molecular weight excluding hydrogens is 388 g/mol. The van der Waals surface area contributed by atoms with Crippen molar-refractivity contribution in [1.82, 2.24) is 8.97 Å². The normalized spacial score (nSPS) is 15.0. The largest absolute Gasteiger partial charge is 0.344 e. The van der Waals surface area contributed by atoms with Crippen LogP contribution in [0.2, 0.25) is 0 Å². The first kappa shape index (κ1) is 16.9. The van der Waals surface area contributed by atoms with Gasteiger partial charge in [-0.3, -0.25) is 0 Å². The fraction of sp³-hybridized carbons (Fsp3) is 0.133. The van der Waals surface area contributed by atoms with E-state index in [4.69, 9.17) is 0 Å². The molecule has 2 nitrogen and oxygen atoms in total. The first-order chi connectivity index (χ1) is 15.6. The van der Waals surface area contributed by atoms with Crippen LogP contribution in [0.3, 0.4) is 0 Å². The lowest BCUT2D eigenvalue weighted by atomic mass is 9.85. The van der Waals surface area contributed by atoms with Crippen LogP contribution in [-0.2, 0) is 12.5 Å². The lowest BCUT2D eigenvalue weighted by Gasteiger charge is -2.22. The van der Waals surface area contributed by atoms with Crippen molar-refractivity contribution in [3.63, 3.8) is 0 Å². The van der Waals surface area contributed by atoms with Gasteiger partial charge in [-0.1, -0.05) is 74.5 Å². The van der Waals surface area contributed by atoms with Gasteiger partial charge >= 0.3 is 0 Å². The molecule has 1 aliphatic rings. The first-order valence-corrected chi connectivity index (χ1v) is 11.4. The third-order valence-corrected chi connectivity index (χ3v) is 8.02. The summed E-state index contributed by atoms with van der Waals surface area (Å²) < 4.78 is 4.95. The van der Waals surface area contributed by atoms with Crippen LogP contribution in [-0.4, -0.2) is 8.97 Å². The second-order valence-electron chi connectivity index (χ2n) is 9.86. The molecule has 4 aromatic carbocycles. The Morgan fingerprint density at radius 1 is 0.625 bits per heavy atom. The Morgan fingerprint density at radius 2 is 1.28 bits per heavy atom. The van der Waals surface area contributed by atoms with Gasteiger partial charge in [0, 0.05) is 50.8 Å². The van der Waals surface area contributed by atoms with Crippen molar-refractivity contribution in [1.29, 1.82) is 0 Å². The van der Waals surface area contributed by atoms with Gasteiger partial charge in [-0.25, -0.2) is 0 Å². The van der Waals surface area contributed by atoms with Crippen LogP contribution in [0, 0.1) is 0 Å². The highest BCUT2D eigenvalue weighted by atomic mass is 15.0. The third kappa shape index (κ3) is 1.63. The topological polar surface area (TPSA) is 9.34 Å². The predicted octanol–water partition coefficient (Wildman–Crippen LogP) is 7.63. The Balaban J connectivity index is 1.82. The highest BCUT2D eigenvalue weighted by Gasteiger charge is 2.40. The molecule has 7 aromatic rings. The van der Waals surface area contributed by atoms with Crippen molar-refractivity contribution >= 4 is 49.0 Å². The summed E-state index contributed by atoms with van der Waals surface area (Å²) >= 11 is 0. The number of hydrogen-bond donors (Lipinski definition) is 0. The van der Waals surface area contributed by atoms with Crippen LogP contribution in [0.1, 0.15) is 25.1 Å². The second kappa shape index (κ2) is 5.16. The Labute approximate surface area is 185 Å². The molecule has 0 aliphatic heterocycles. The zero-order chi connectivity index (χ0) is 21.4. The van der Waals surface area contributed by atoms with E-state index in [1.165, 1.54) is 71.4 Å². The number of aromatic nitrogens is 2. The second-order valence-corrected chi connectivity index (χ2v) is 9.86. The number of nitrogens with zero attached hydrogens (tertiary/aromatic N) is 2. The third-order valence-electron chi connectivity index (χ3n) is 8.02. The quantitative estimate of drug-likeness (QED) is 0.243. The Bertz CT molecular complexity index is 1910. The molecule has 0 saturated heterocycles. The Hall–Kier alpha value is -3.78. The maximum atomic E-state index is 2.60. The molecule has 0 bridgehead atoms. The summed E-state index contributed by atoms with van der Waals surface area (Å²) in [5.74, 6) is 0. The smallest absolute Gasteiger partial charge is 0.0617 e. The van der Waals surface area contributed by atoms with E-state index in [0.717, 1.165) is 0 Å². The summed E-state index contributed by atoms with van der Waals surface area (Å²) in [6.07, 6.45) is 0. The van der Waals surface area contributed by atoms with E-state index >= 15 is 0 Å². The highest BCUT2D eigenvalue weighted by Crippen LogP contribution is 2.54. The van der Waals surface area contributed by atoms with Crippen LogP contribution in [0.15, 0.2) is 78.9 Å². The fourth-order valence-electron chi connectivity index (χ4n) is 6.72. The van der Waals surface area contributed by atoms with Gasteiger partial charge in [-0.15, -0.1) is 0 Å². The molecule has 0 unspecified atom stereocenters. The molecule has 2 heteroatoms. The number of benzene rings is 4. The van der Waals surface area contributed by atoms with E-state index in [1.54, 1.807) is 0 Å². The molecule has 0 amide bonds. The van der Waals surface area contributed by atoms with E-state index in [1.807, 2.05) is 0 Å². The zero-order valence-corrected chi connectivity index (χ0v) is 18.4. The van der Waals surface area contributed by atoms with Gasteiger partial charge in [0.05, 0.1) is 16.6 Å². The molecule has 152 valence electrons. The molecule has 0 spiro atoms. The maximum absolute atomic E-state index is 2.60. The predicted molar refractivity (Wildman–Crippen MR) is 135 cm³/mol. The van der Waals surface area contributed by atoms with Crippen molar-refractivity contribution in [2.24, 2.45) is 7.05 Å². The van der Waals surface area contributed by atoms with Crippen LogP contribution < -0.4 is 0 Å². The van der Waals surface area contributed by atoms with Gasteiger partial charge in [0.25, 0.3) is 0 Å². The van der Waals surface area contributed by atoms with Gasteiger partial charge < -0.3 is 8.97 Å². The number of fused-ring (bicyclic) bond motifs is 7. The molecule has 3 aromatic heterocycles. The van der Waals surface area contributed by atoms with Crippen LogP contribution in [0.4, 0.5) is 0 Å². The number of hydrogen-bond acceptors (Lipinski definition) is 0. The summed E-state index contributed by atoms with van der Waals surface area (Å²) in [6.45, 7) is 4.77. The van der Waals surface area contributed by atoms with Crippen LogP contribution >= 0.6 is 0 Å². The number of aryl methyl sites for hydroxylation is 1. The first-order valence-electron chi connectivity index (χ1n) is 11.4. The molecule has 0 atom stereocenters. The fourth-order valence-corrected chi connectivity index (χ4v) is 6.72. The van der Waals surface area contributed by atoms with Crippen molar-refractivity contribution in [2.75, 3.05) is 0 Å². The van der Waals surface area contributed by atoms with Crippen LogP contribution in [0.25, 0.3) is 60.1 Å². The molecule has 0 saturated carbocycles. The van der Waals surface area contributed by atoms with Crippen LogP contribution in [0.5, 0.6) is 0 Å². The lowest BCUT2D eigenvalue weighted by molar-refractivity contribution is 0.633. The van der Waals surface area contributed by atoms with Crippen molar-refractivity contribution in [3.05, 3.63) is 90.1 Å². The average molecular weight is 411 g/mol. The SMILES string of the molecule is Cn1c2cccc3c4cccc5c6c(n(c7cccc1c7c32)c54)C(C)(C)c1ccccc1-6. The minimum Gasteiger partial charge on any atom is -0.344 e. The summed E-state index contributed by atoms with van der Waals surface area (Å²) in [6, 6.07) is 29.4. The summed E-state index contributed by atoms with van der Waals surface area (Å²) in [5, 5.41) is 6.77. The van der Waals surface area contributed by atoms with E-state index in [0.29, 0.717) is 0 Å². The van der Waals surface area contributed by atoms with Gasteiger partial charge in [0.1, 0.15) is 0 Å². The van der Waals surface area contributed by atoms with Crippen molar-refractivity contribution in [2.45, 2.75) is 19.3 Å². The number of rotatable bonds is 0. The monoisotopic (exact) mass is 410 g/mol.